The molecule has 12 heteroatoms. The van der Waals surface area contributed by atoms with Gasteiger partial charge in [0, 0.05) is 0 Å². The average molecular weight is 473 g/mol. The van der Waals surface area contributed by atoms with Gasteiger partial charge in [0.1, 0.15) is 0 Å². The van der Waals surface area contributed by atoms with E-state index in [0.717, 1.165) is 12.1 Å². The van der Waals surface area contributed by atoms with Crippen LogP contribution < -0.4 is 0 Å². The van der Waals surface area contributed by atoms with Crippen molar-refractivity contribution >= 4 is 46.3 Å². The first-order chi connectivity index (χ1) is 13.6. The van der Waals surface area contributed by atoms with Crippen LogP contribution in [0.15, 0.2) is 36.4 Å². The van der Waals surface area contributed by atoms with Gasteiger partial charge >= 0.3 is 24.3 Å². The predicted octanol–water partition coefficient (Wildman–Crippen LogP) is 6.11. The molecule has 0 aliphatic heterocycles. The van der Waals surface area contributed by atoms with Crippen LogP contribution in [0.5, 0.6) is 0 Å². The minimum atomic E-state index is -5.00. The summed E-state index contributed by atoms with van der Waals surface area (Å²) in [7, 11) is 0. The van der Waals surface area contributed by atoms with Gasteiger partial charge in [0.25, 0.3) is 0 Å². The molecule has 0 unspecified atom stereocenters. The third-order valence-corrected chi connectivity index (χ3v) is 4.46. The standard InChI is InChI=1S/C18H8Cl2F6O4/c19-11-3-1-7(5-9(11)17(21,22)23)13(15(27)28)14(16(29)30)8-2-4-12(20)10(6-8)18(24,25)26/h1-6H,(H,27,28)(H,29,30). The van der Waals surface area contributed by atoms with E-state index in [1.54, 1.807) is 0 Å². The summed E-state index contributed by atoms with van der Waals surface area (Å²) in [6.07, 6.45) is -9.99. The van der Waals surface area contributed by atoms with Crippen molar-refractivity contribution in [1.29, 1.82) is 0 Å². The Bertz CT molecular complexity index is 974. The van der Waals surface area contributed by atoms with Gasteiger partial charge in [-0.2, -0.15) is 26.3 Å². The van der Waals surface area contributed by atoms with Crippen LogP contribution >= 0.6 is 23.2 Å². The summed E-state index contributed by atoms with van der Waals surface area (Å²) in [5.41, 5.74) is -6.67. The van der Waals surface area contributed by atoms with E-state index < -0.39 is 67.7 Å². The molecular formula is C18H8Cl2F6O4. The van der Waals surface area contributed by atoms with Gasteiger partial charge in [-0.1, -0.05) is 35.3 Å². The van der Waals surface area contributed by atoms with Crippen molar-refractivity contribution in [1.82, 2.24) is 0 Å². The lowest BCUT2D eigenvalue weighted by Gasteiger charge is -2.15. The molecule has 2 aromatic carbocycles. The second-order valence-electron chi connectivity index (χ2n) is 5.75. The van der Waals surface area contributed by atoms with Crippen LogP contribution in [-0.4, -0.2) is 22.2 Å². The monoisotopic (exact) mass is 472 g/mol. The first-order valence-electron chi connectivity index (χ1n) is 7.59. The summed E-state index contributed by atoms with van der Waals surface area (Å²) >= 11 is 10.9. The van der Waals surface area contributed by atoms with Crippen LogP contribution in [0.1, 0.15) is 22.3 Å². The molecule has 0 aliphatic carbocycles. The number of rotatable bonds is 4. The first kappa shape index (κ1) is 23.6. The zero-order valence-corrected chi connectivity index (χ0v) is 15.7. The second-order valence-corrected chi connectivity index (χ2v) is 6.56. The summed E-state index contributed by atoms with van der Waals surface area (Å²) < 4.78 is 78.6. The molecule has 2 rings (SSSR count). The topological polar surface area (TPSA) is 74.6 Å². The number of aliphatic carboxylic acids is 2. The summed E-state index contributed by atoms with van der Waals surface area (Å²) in [5.74, 6) is -3.96. The first-order valence-corrected chi connectivity index (χ1v) is 8.35. The Labute approximate surface area is 173 Å². The summed E-state index contributed by atoms with van der Waals surface area (Å²) in [6, 6.07) is 3.62. The molecule has 30 heavy (non-hydrogen) atoms. The van der Waals surface area contributed by atoms with Crippen molar-refractivity contribution in [2.45, 2.75) is 12.4 Å². The third kappa shape index (κ3) is 4.88. The van der Waals surface area contributed by atoms with E-state index in [2.05, 4.69) is 0 Å². The Kier molecular flexibility index (Phi) is 6.43. The van der Waals surface area contributed by atoms with E-state index in [1.165, 1.54) is 0 Å². The highest BCUT2D eigenvalue weighted by Crippen LogP contribution is 2.40. The van der Waals surface area contributed by atoms with Gasteiger partial charge in [-0.15, -0.1) is 0 Å². The largest absolute Gasteiger partial charge is 0.478 e. The number of hydrogen-bond donors (Lipinski definition) is 2. The van der Waals surface area contributed by atoms with Crippen molar-refractivity contribution in [3.63, 3.8) is 0 Å². The smallest absolute Gasteiger partial charge is 0.417 e. The quantitative estimate of drug-likeness (QED) is 0.319. The van der Waals surface area contributed by atoms with Crippen LogP contribution in [0.25, 0.3) is 11.1 Å². The summed E-state index contributed by atoms with van der Waals surface area (Å²) in [6.45, 7) is 0. The zero-order valence-electron chi connectivity index (χ0n) is 14.2. The van der Waals surface area contributed by atoms with E-state index in [0.29, 0.717) is 24.3 Å². The molecule has 2 aromatic rings. The Morgan fingerprint density at radius 1 is 0.667 bits per heavy atom. The fourth-order valence-corrected chi connectivity index (χ4v) is 2.99. The second kappa shape index (κ2) is 8.19. The maximum atomic E-state index is 13.1. The number of hydrogen-bond acceptors (Lipinski definition) is 2. The van der Waals surface area contributed by atoms with E-state index >= 15 is 0 Å². The number of halogens is 8. The van der Waals surface area contributed by atoms with Gasteiger partial charge in [0.2, 0.25) is 0 Å². The average Bonchev–Trinajstić information content (AvgIpc) is 2.58. The van der Waals surface area contributed by atoms with Gasteiger partial charge in [-0.05, 0) is 35.4 Å². The highest BCUT2D eigenvalue weighted by Gasteiger charge is 2.36. The Morgan fingerprint density at radius 2 is 0.967 bits per heavy atom. The van der Waals surface area contributed by atoms with Gasteiger partial charge < -0.3 is 10.2 Å². The lowest BCUT2D eigenvalue weighted by atomic mass is 9.92. The van der Waals surface area contributed by atoms with Crippen molar-refractivity contribution in [3.8, 4) is 0 Å². The highest BCUT2D eigenvalue weighted by atomic mass is 35.5. The molecular weight excluding hydrogens is 465 g/mol. The Hall–Kier alpha value is -2.72. The highest BCUT2D eigenvalue weighted by molar-refractivity contribution is 6.37. The third-order valence-electron chi connectivity index (χ3n) is 3.80. The van der Waals surface area contributed by atoms with Crippen LogP contribution in [0, 0.1) is 0 Å². The number of carboxylic acids is 2. The predicted molar refractivity (Wildman–Crippen MR) is 95.0 cm³/mol. The fraction of sp³-hybridized carbons (Fsp3) is 0.111. The lowest BCUT2D eigenvalue weighted by Crippen LogP contribution is -2.13. The van der Waals surface area contributed by atoms with E-state index in [-0.39, 0.29) is 0 Å². The molecule has 0 heterocycles. The van der Waals surface area contributed by atoms with Crippen molar-refractivity contribution < 1.29 is 46.1 Å². The van der Waals surface area contributed by atoms with E-state index in [1.807, 2.05) is 0 Å². The Morgan fingerprint density at radius 3 is 1.20 bits per heavy atom. The zero-order chi connectivity index (χ0) is 23.0. The summed E-state index contributed by atoms with van der Waals surface area (Å²) in [4.78, 5) is 23.5. The van der Waals surface area contributed by atoms with Crippen molar-refractivity contribution in [2.24, 2.45) is 0 Å². The maximum Gasteiger partial charge on any atom is 0.417 e. The molecule has 2 N–H and O–H groups in total. The molecule has 0 saturated carbocycles. The van der Waals surface area contributed by atoms with E-state index in [9.17, 15) is 46.1 Å². The Balaban J connectivity index is 2.89. The molecule has 0 atom stereocenters. The molecule has 0 aromatic heterocycles. The molecule has 0 radical (unpaired) electrons. The molecule has 0 aliphatic rings. The molecule has 0 saturated heterocycles. The van der Waals surface area contributed by atoms with Crippen LogP contribution in [-0.2, 0) is 21.9 Å². The van der Waals surface area contributed by atoms with Crippen LogP contribution in [0.2, 0.25) is 10.0 Å². The molecule has 160 valence electrons. The number of alkyl halides is 6. The molecule has 0 fully saturated rings. The molecule has 0 amide bonds. The molecule has 4 nitrogen and oxygen atoms in total. The minimum absolute atomic E-state index is 0.301. The van der Waals surface area contributed by atoms with Gasteiger partial charge in [-0.25, -0.2) is 9.59 Å². The summed E-state index contributed by atoms with van der Waals surface area (Å²) in [5, 5.41) is 17.4. The van der Waals surface area contributed by atoms with E-state index in [4.69, 9.17) is 23.2 Å². The lowest BCUT2D eigenvalue weighted by molar-refractivity contribution is -0.138. The fourth-order valence-electron chi connectivity index (χ4n) is 2.55. The number of carbonyl (C=O) groups is 2. The van der Waals surface area contributed by atoms with Crippen LogP contribution in [0.4, 0.5) is 26.3 Å². The van der Waals surface area contributed by atoms with Crippen molar-refractivity contribution in [3.05, 3.63) is 68.7 Å². The maximum absolute atomic E-state index is 13.1. The SMILES string of the molecule is O=C(O)C(=C(C(=O)O)c1ccc(Cl)c(C(F)(F)F)c1)c1ccc(Cl)c(C(F)(F)F)c1. The minimum Gasteiger partial charge on any atom is -0.478 e. The molecule has 0 spiro atoms. The number of benzene rings is 2. The van der Waals surface area contributed by atoms with Gasteiger partial charge in [0.05, 0.1) is 32.3 Å². The van der Waals surface area contributed by atoms with Gasteiger partial charge in [0.15, 0.2) is 0 Å². The van der Waals surface area contributed by atoms with Gasteiger partial charge in [-0.3, -0.25) is 0 Å². The molecule has 0 bridgehead atoms. The normalized spacial score (nSPS) is 13.1. The van der Waals surface area contributed by atoms with Crippen molar-refractivity contribution in [2.75, 3.05) is 0 Å². The van der Waals surface area contributed by atoms with Crippen LogP contribution in [0.3, 0.4) is 0 Å². The number of carboxylic acid groups (broad SMARTS) is 2.